The Hall–Kier alpha value is -2.75. The van der Waals surface area contributed by atoms with Crippen molar-refractivity contribution in [3.05, 3.63) is 52.8 Å². The third-order valence-corrected chi connectivity index (χ3v) is 6.93. The van der Waals surface area contributed by atoms with Crippen LogP contribution in [0.25, 0.3) is 11.0 Å². The highest BCUT2D eigenvalue weighted by Crippen LogP contribution is 2.29. The molecule has 3 atom stereocenters. The first kappa shape index (κ1) is 22.1. The van der Waals surface area contributed by atoms with Gasteiger partial charge in [0.25, 0.3) is 0 Å². The minimum absolute atomic E-state index is 0.0662. The average Bonchev–Trinajstić information content (AvgIpc) is 3.20. The highest BCUT2D eigenvalue weighted by Gasteiger charge is 2.36. The van der Waals surface area contributed by atoms with Gasteiger partial charge in [-0.1, -0.05) is 22.9 Å². The number of hydrogen-bond donors (Lipinski definition) is 2. The Morgan fingerprint density at radius 2 is 2.12 bits per heavy atom. The van der Waals surface area contributed by atoms with E-state index < -0.39 is 0 Å². The normalized spacial score (nSPS) is 21.8. The van der Waals surface area contributed by atoms with Gasteiger partial charge in [0.05, 0.1) is 30.2 Å². The first-order valence-corrected chi connectivity index (χ1v) is 11.5. The van der Waals surface area contributed by atoms with Gasteiger partial charge in [0.1, 0.15) is 11.3 Å². The summed E-state index contributed by atoms with van der Waals surface area (Å²) in [5.74, 6) is -0.321. The van der Waals surface area contributed by atoms with Crippen LogP contribution in [0.3, 0.4) is 0 Å². The van der Waals surface area contributed by atoms with Crippen LogP contribution in [0, 0.1) is 5.82 Å². The molecule has 0 radical (unpaired) electrons. The first-order chi connectivity index (χ1) is 16.0. The zero-order chi connectivity index (χ0) is 23.1. The number of halogens is 2. The van der Waals surface area contributed by atoms with E-state index in [0.29, 0.717) is 35.7 Å². The third kappa shape index (κ3) is 4.05. The van der Waals surface area contributed by atoms with Crippen LogP contribution >= 0.6 is 11.6 Å². The number of carbonyl (C=O) groups excluding carboxylic acids is 1. The molecule has 3 heterocycles. The molecule has 174 valence electrons. The molecule has 2 N–H and O–H groups in total. The summed E-state index contributed by atoms with van der Waals surface area (Å²) in [5.41, 5.74) is 2.92. The number of anilines is 1. The highest BCUT2D eigenvalue weighted by molar-refractivity contribution is 6.30. The number of nitrogens with one attached hydrogen (secondary N) is 1. The molecule has 3 aromatic rings. The average molecular weight is 473 g/mol. The van der Waals surface area contributed by atoms with E-state index in [1.807, 2.05) is 25.1 Å². The van der Waals surface area contributed by atoms with Crippen molar-refractivity contribution < 1.29 is 14.3 Å². The Balaban J connectivity index is 1.40. The first-order valence-electron chi connectivity index (χ1n) is 11.2. The summed E-state index contributed by atoms with van der Waals surface area (Å²) in [6, 6.07) is 9.70. The van der Waals surface area contributed by atoms with Crippen LogP contribution in [-0.2, 0) is 4.79 Å². The number of hydrogen-bond acceptors (Lipinski definition) is 6. The molecule has 5 rings (SSSR count). The minimum atomic E-state index is -0.387. The summed E-state index contributed by atoms with van der Waals surface area (Å²) in [7, 11) is 0. The largest absolute Gasteiger partial charge is 0.394 e. The molecule has 2 aliphatic heterocycles. The lowest BCUT2D eigenvalue weighted by Crippen LogP contribution is -2.63. The summed E-state index contributed by atoms with van der Waals surface area (Å²) in [6.45, 7) is 4.37. The van der Waals surface area contributed by atoms with Crippen molar-refractivity contribution in [1.82, 2.24) is 25.2 Å². The Labute approximate surface area is 195 Å². The van der Waals surface area contributed by atoms with Crippen molar-refractivity contribution in [2.75, 3.05) is 37.7 Å². The molecule has 0 saturated carbocycles. The topological polar surface area (TPSA) is 86.5 Å². The second-order valence-corrected chi connectivity index (χ2v) is 9.09. The molecule has 2 fully saturated rings. The van der Waals surface area contributed by atoms with E-state index >= 15 is 0 Å². The minimum Gasteiger partial charge on any atom is -0.394 e. The number of aliphatic hydroxyl groups is 1. The zero-order valence-electron chi connectivity index (χ0n) is 18.3. The van der Waals surface area contributed by atoms with Gasteiger partial charge in [-0.2, -0.15) is 0 Å². The smallest absolute Gasteiger partial charge is 0.240 e. The lowest BCUT2D eigenvalue weighted by molar-refractivity contribution is -0.139. The van der Waals surface area contributed by atoms with Crippen molar-refractivity contribution >= 4 is 34.2 Å². The molecule has 8 nitrogen and oxygen atoms in total. The number of amides is 1. The Morgan fingerprint density at radius 1 is 1.30 bits per heavy atom. The van der Waals surface area contributed by atoms with Gasteiger partial charge in [0.2, 0.25) is 5.91 Å². The summed E-state index contributed by atoms with van der Waals surface area (Å²) in [5, 5.41) is 22.0. The van der Waals surface area contributed by atoms with Crippen LogP contribution in [0.5, 0.6) is 0 Å². The van der Waals surface area contributed by atoms with E-state index in [4.69, 9.17) is 11.6 Å². The van der Waals surface area contributed by atoms with Crippen LogP contribution in [0.4, 0.5) is 10.1 Å². The van der Waals surface area contributed by atoms with Gasteiger partial charge in [-0.3, -0.25) is 4.79 Å². The van der Waals surface area contributed by atoms with Crippen LogP contribution < -0.4 is 10.2 Å². The summed E-state index contributed by atoms with van der Waals surface area (Å²) in [6.07, 6.45) is 0.844. The van der Waals surface area contributed by atoms with Crippen molar-refractivity contribution in [2.24, 2.45) is 0 Å². The maximum Gasteiger partial charge on any atom is 0.240 e. The van der Waals surface area contributed by atoms with Gasteiger partial charge >= 0.3 is 0 Å². The molecule has 2 unspecified atom stereocenters. The van der Waals surface area contributed by atoms with Crippen molar-refractivity contribution in [3.63, 3.8) is 0 Å². The van der Waals surface area contributed by atoms with Crippen molar-refractivity contribution in [3.8, 4) is 0 Å². The second-order valence-electron chi connectivity index (χ2n) is 8.66. The van der Waals surface area contributed by atoms with Crippen molar-refractivity contribution in [2.45, 2.75) is 31.5 Å². The Morgan fingerprint density at radius 3 is 2.82 bits per heavy atom. The maximum atomic E-state index is 14.5. The number of aliphatic hydroxyl groups excluding tert-OH is 1. The maximum absolute atomic E-state index is 14.5. The van der Waals surface area contributed by atoms with Crippen LogP contribution in [0.2, 0.25) is 5.02 Å². The number of nitrogens with zero attached hydrogens (tertiary/aromatic N) is 5. The Kier molecular flexibility index (Phi) is 5.94. The molecular formula is C23H26ClFN6O2. The highest BCUT2D eigenvalue weighted by atomic mass is 35.5. The van der Waals surface area contributed by atoms with Gasteiger partial charge in [-0.05, 0) is 50.2 Å². The van der Waals surface area contributed by atoms with Crippen LogP contribution in [0.15, 0.2) is 36.4 Å². The van der Waals surface area contributed by atoms with E-state index in [0.717, 1.165) is 24.2 Å². The molecule has 1 amide bonds. The summed E-state index contributed by atoms with van der Waals surface area (Å²) in [4.78, 5) is 16.7. The van der Waals surface area contributed by atoms with E-state index in [2.05, 4.69) is 20.5 Å². The molecule has 0 bridgehead atoms. The predicted octanol–water partition coefficient (Wildman–Crippen LogP) is 2.20. The fourth-order valence-corrected chi connectivity index (χ4v) is 4.77. The summed E-state index contributed by atoms with van der Waals surface area (Å²) >= 11 is 5.90. The fraction of sp³-hybridized carbons (Fsp3) is 0.435. The van der Waals surface area contributed by atoms with Crippen LogP contribution in [0.1, 0.15) is 24.9 Å². The molecule has 33 heavy (non-hydrogen) atoms. The number of fused-ring (bicyclic) bond motifs is 1. The molecule has 1 aromatic heterocycles. The standard InChI is InChI=1S/C23H26ClFN6O2/c1-14(18-4-2-15(24)10-19(18)25)31-22-11-16(3-5-20(22)27-28-31)29-8-9-30(17(12-29)13-32)23(33)21-6-7-26-21/h2-5,10-11,14,17,21,26,32H,6-9,12-13H2,1H3/t14-,17?,21?/m1/s1. The fourth-order valence-electron chi connectivity index (χ4n) is 4.62. The molecular weight excluding hydrogens is 447 g/mol. The van der Waals surface area contributed by atoms with Gasteiger partial charge < -0.3 is 20.2 Å². The van der Waals surface area contributed by atoms with Gasteiger partial charge in [0, 0.05) is 35.9 Å². The number of aromatic nitrogens is 3. The second kappa shape index (κ2) is 8.89. The summed E-state index contributed by atoms with van der Waals surface area (Å²) < 4.78 is 16.2. The number of carbonyl (C=O) groups is 1. The van der Waals surface area contributed by atoms with Crippen molar-refractivity contribution in [1.29, 1.82) is 0 Å². The molecule has 2 aliphatic rings. The number of benzene rings is 2. The van der Waals surface area contributed by atoms with E-state index in [1.54, 1.807) is 21.7 Å². The quantitative estimate of drug-likeness (QED) is 0.592. The van der Waals surface area contributed by atoms with E-state index in [1.165, 1.54) is 6.07 Å². The van der Waals surface area contributed by atoms with Gasteiger partial charge in [-0.15, -0.1) is 5.10 Å². The number of piperazine rings is 1. The van der Waals surface area contributed by atoms with Gasteiger partial charge in [0.15, 0.2) is 0 Å². The molecule has 10 heteroatoms. The SMILES string of the molecule is C[C@H](c1ccc(Cl)cc1F)n1nnc2ccc(N3CCN(C(=O)C4CCN4)C(CO)C3)cc21. The lowest BCUT2D eigenvalue weighted by Gasteiger charge is -2.44. The molecule has 0 aliphatic carbocycles. The third-order valence-electron chi connectivity index (χ3n) is 6.70. The van der Waals surface area contributed by atoms with Crippen LogP contribution in [-0.4, -0.2) is 75.8 Å². The Bertz CT molecular complexity index is 1180. The zero-order valence-corrected chi connectivity index (χ0v) is 19.0. The van der Waals surface area contributed by atoms with Gasteiger partial charge in [-0.25, -0.2) is 9.07 Å². The number of rotatable bonds is 5. The monoisotopic (exact) mass is 472 g/mol. The predicted molar refractivity (Wildman–Crippen MR) is 124 cm³/mol. The molecule has 0 spiro atoms. The van der Waals surface area contributed by atoms with E-state index in [-0.39, 0.29) is 36.5 Å². The molecule has 2 saturated heterocycles. The lowest BCUT2D eigenvalue weighted by atomic mass is 10.0. The molecule has 2 aromatic carbocycles. The van der Waals surface area contributed by atoms with E-state index in [9.17, 15) is 14.3 Å².